The van der Waals surface area contributed by atoms with Crippen molar-refractivity contribution in [3.8, 4) is 0 Å². The first-order chi connectivity index (χ1) is 10.1. The molecule has 1 atom stereocenters. The van der Waals surface area contributed by atoms with Crippen LogP contribution in [0.4, 0.5) is 5.69 Å². The second kappa shape index (κ2) is 7.92. The van der Waals surface area contributed by atoms with Crippen LogP contribution in [0.2, 0.25) is 0 Å². The topological polar surface area (TPSA) is 62.6 Å². The van der Waals surface area contributed by atoms with Gasteiger partial charge in [-0.15, -0.1) is 0 Å². The van der Waals surface area contributed by atoms with E-state index in [1.54, 1.807) is 0 Å². The van der Waals surface area contributed by atoms with Gasteiger partial charge >= 0.3 is 0 Å². The molecule has 0 aliphatic heterocycles. The van der Waals surface area contributed by atoms with E-state index >= 15 is 0 Å². The van der Waals surface area contributed by atoms with Crippen LogP contribution >= 0.6 is 22.6 Å². The van der Waals surface area contributed by atoms with Gasteiger partial charge in [0.2, 0.25) is 0 Å². The summed E-state index contributed by atoms with van der Waals surface area (Å²) >= 11 is 2.24. The summed E-state index contributed by atoms with van der Waals surface area (Å²) in [7, 11) is 1.84. The number of benzene rings is 1. The first-order valence-corrected chi connectivity index (χ1v) is 8.33. The number of quaternary nitrogens is 1. The van der Waals surface area contributed by atoms with E-state index in [0.29, 0.717) is 0 Å². The molecule has 1 aromatic carbocycles. The van der Waals surface area contributed by atoms with Crippen molar-refractivity contribution in [2.75, 3.05) is 25.5 Å². The van der Waals surface area contributed by atoms with Crippen molar-refractivity contribution in [3.05, 3.63) is 27.3 Å². The molecule has 0 fully saturated rings. The molecule has 0 saturated heterocycles. The van der Waals surface area contributed by atoms with Gasteiger partial charge in [-0.05, 0) is 74.0 Å². The van der Waals surface area contributed by atoms with E-state index in [1.165, 1.54) is 0 Å². The minimum Gasteiger partial charge on any atom is -0.347 e. The molecule has 1 unspecified atom stereocenters. The van der Waals surface area contributed by atoms with Crippen LogP contribution in [-0.4, -0.2) is 37.5 Å². The second-order valence-corrected chi connectivity index (χ2v) is 7.86. The summed E-state index contributed by atoms with van der Waals surface area (Å²) in [6, 6.07) is 5.87. The minimum absolute atomic E-state index is 0.0526. The number of nitrogens with one attached hydrogen (secondary N) is 3. The number of likely N-dealkylation sites (N-methyl/N-ethyl adjacent to an activating group) is 1. The Hall–Kier alpha value is -1.15. The highest BCUT2D eigenvalue weighted by atomic mass is 127. The van der Waals surface area contributed by atoms with E-state index in [1.807, 2.05) is 52.9 Å². The lowest BCUT2D eigenvalue weighted by Gasteiger charge is -2.21. The molecule has 1 rings (SSSR count). The van der Waals surface area contributed by atoms with Gasteiger partial charge in [-0.25, -0.2) is 0 Å². The molecule has 122 valence electrons. The molecule has 1 aromatic rings. The summed E-state index contributed by atoms with van der Waals surface area (Å²) in [6.07, 6.45) is 0. The first-order valence-electron chi connectivity index (χ1n) is 7.25. The van der Waals surface area contributed by atoms with Crippen molar-refractivity contribution >= 4 is 40.1 Å². The van der Waals surface area contributed by atoms with Crippen LogP contribution in [-0.2, 0) is 9.59 Å². The van der Waals surface area contributed by atoms with Crippen LogP contribution < -0.4 is 15.5 Å². The Labute approximate surface area is 146 Å². The minimum atomic E-state index is -0.252. The summed E-state index contributed by atoms with van der Waals surface area (Å²) in [5, 5.41) is 5.79. The van der Waals surface area contributed by atoms with E-state index in [-0.39, 0.29) is 30.4 Å². The lowest BCUT2D eigenvalue weighted by molar-refractivity contribution is -0.862. The SMILES string of the molecule is Cc1cc(I)ccc1NC(=O)C[NH+](C)CC(=O)NC(C)(C)C. The Morgan fingerprint density at radius 2 is 1.77 bits per heavy atom. The Balaban J connectivity index is 2.49. The van der Waals surface area contributed by atoms with E-state index < -0.39 is 0 Å². The first kappa shape index (κ1) is 18.9. The number of anilines is 1. The maximum absolute atomic E-state index is 12.1. The number of hydrogen-bond acceptors (Lipinski definition) is 2. The third-order valence-corrected chi connectivity index (χ3v) is 3.57. The third-order valence-electron chi connectivity index (χ3n) is 2.90. The number of carbonyl (C=O) groups is 2. The summed E-state index contributed by atoms with van der Waals surface area (Å²) in [6.45, 7) is 8.30. The van der Waals surface area contributed by atoms with Crippen LogP contribution in [0.15, 0.2) is 18.2 Å². The van der Waals surface area contributed by atoms with Gasteiger partial charge in [0.1, 0.15) is 0 Å². The number of carbonyl (C=O) groups excluding carboxylic acids is 2. The number of rotatable bonds is 5. The molecular weight excluding hydrogens is 393 g/mol. The quantitative estimate of drug-likeness (QED) is 0.625. The van der Waals surface area contributed by atoms with E-state index in [0.717, 1.165) is 19.7 Å². The smallest absolute Gasteiger partial charge is 0.279 e. The monoisotopic (exact) mass is 418 g/mol. The Kier molecular flexibility index (Phi) is 6.80. The molecule has 0 aliphatic rings. The highest BCUT2D eigenvalue weighted by molar-refractivity contribution is 14.1. The fraction of sp³-hybridized carbons (Fsp3) is 0.500. The molecule has 6 heteroatoms. The summed E-state index contributed by atoms with van der Waals surface area (Å²) in [5.41, 5.74) is 1.60. The second-order valence-electron chi connectivity index (χ2n) is 6.62. The standard InChI is InChI=1S/C16H24IN3O2/c1-11-8-12(17)6-7-13(11)18-14(21)9-20(5)10-15(22)19-16(2,3)4/h6-8H,9-10H2,1-5H3,(H,18,21)(H,19,22)/p+1. The van der Waals surface area contributed by atoms with E-state index in [9.17, 15) is 9.59 Å². The van der Waals surface area contributed by atoms with Gasteiger partial charge in [0.15, 0.2) is 13.1 Å². The molecule has 3 N–H and O–H groups in total. The van der Waals surface area contributed by atoms with Gasteiger partial charge in [-0.2, -0.15) is 0 Å². The molecule has 0 aromatic heterocycles. The van der Waals surface area contributed by atoms with E-state index in [4.69, 9.17) is 0 Å². The maximum Gasteiger partial charge on any atom is 0.279 e. The van der Waals surface area contributed by atoms with Crippen molar-refractivity contribution in [1.82, 2.24) is 5.32 Å². The summed E-state index contributed by atoms with van der Waals surface area (Å²) in [5.74, 6) is -0.145. The van der Waals surface area contributed by atoms with Gasteiger partial charge in [0.05, 0.1) is 7.05 Å². The summed E-state index contributed by atoms with van der Waals surface area (Å²) in [4.78, 5) is 24.7. The molecule has 2 amide bonds. The fourth-order valence-electron chi connectivity index (χ4n) is 2.03. The van der Waals surface area contributed by atoms with Crippen LogP contribution in [0.1, 0.15) is 26.3 Å². The zero-order chi connectivity index (χ0) is 16.9. The van der Waals surface area contributed by atoms with Crippen molar-refractivity contribution in [2.24, 2.45) is 0 Å². The molecule has 5 nitrogen and oxygen atoms in total. The molecule has 0 heterocycles. The lowest BCUT2D eigenvalue weighted by Crippen LogP contribution is -3.11. The average Bonchev–Trinajstić information content (AvgIpc) is 2.29. The van der Waals surface area contributed by atoms with Crippen molar-refractivity contribution in [2.45, 2.75) is 33.2 Å². The largest absolute Gasteiger partial charge is 0.347 e. The van der Waals surface area contributed by atoms with Gasteiger partial charge in [0, 0.05) is 14.8 Å². The van der Waals surface area contributed by atoms with Gasteiger partial charge in [-0.3, -0.25) is 9.59 Å². The maximum atomic E-state index is 12.1. The molecule has 0 bridgehead atoms. The molecule has 0 radical (unpaired) electrons. The van der Waals surface area contributed by atoms with Gasteiger partial charge < -0.3 is 15.5 Å². The van der Waals surface area contributed by atoms with Crippen molar-refractivity contribution in [3.63, 3.8) is 0 Å². The summed E-state index contributed by atoms with van der Waals surface area (Å²) < 4.78 is 1.13. The Morgan fingerprint density at radius 3 is 2.32 bits per heavy atom. The molecule has 22 heavy (non-hydrogen) atoms. The lowest BCUT2D eigenvalue weighted by atomic mass is 10.1. The number of aryl methyl sites for hydroxylation is 1. The normalized spacial score (nSPS) is 12.6. The molecule has 0 spiro atoms. The average molecular weight is 418 g/mol. The predicted molar refractivity (Wildman–Crippen MR) is 97.0 cm³/mol. The highest BCUT2D eigenvalue weighted by Crippen LogP contribution is 2.17. The Morgan fingerprint density at radius 1 is 1.18 bits per heavy atom. The molecule has 0 aliphatic carbocycles. The zero-order valence-corrected chi connectivity index (χ0v) is 16.0. The number of hydrogen-bond donors (Lipinski definition) is 3. The van der Waals surface area contributed by atoms with Crippen LogP contribution in [0.3, 0.4) is 0 Å². The zero-order valence-electron chi connectivity index (χ0n) is 13.8. The predicted octanol–water partition coefficient (Wildman–Crippen LogP) is 0.968. The Bertz CT molecular complexity index is 553. The number of amides is 2. The fourth-order valence-corrected chi connectivity index (χ4v) is 2.68. The highest BCUT2D eigenvalue weighted by Gasteiger charge is 2.19. The van der Waals surface area contributed by atoms with E-state index in [2.05, 4.69) is 33.2 Å². The van der Waals surface area contributed by atoms with Crippen LogP contribution in [0, 0.1) is 10.5 Å². The number of halogens is 1. The van der Waals surface area contributed by atoms with Crippen LogP contribution in [0.25, 0.3) is 0 Å². The molecule has 0 saturated carbocycles. The van der Waals surface area contributed by atoms with Crippen molar-refractivity contribution < 1.29 is 14.5 Å². The molecular formula is C16H25IN3O2+. The van der Waals surface area contributed by atoms with Crippen molar-refractivity contribution in [1.29, 1.82) is 0 Å². The van der Waals surface area contributed by atoms with Crippen LogP contribution in [0.5, 0.6) is 0 Å². The van der Waals surface area contributed by atoms with Gasteiger partial charge in [-0.1, -0.05) is 0 Å². The third kappa shape index (κ3) is 7.22. The van der Waals surface area contributed by atoms with Gasteiger partial charge in [0.25, 0.3) is 11.8 Å².